The van der Waals surface area contributed by atoms with Crippen LogP contribution in [0, 0.1) is 0 Å². The topological polar surface area (TPSA) is 36.0 Å². The number of aromatic nitrogens is 1. The van der Waals surface area contributed by atoms with Crippen LogP contribution in [0.25, 0.3) is 11.3 Å². The minimum Gasteiger partial charge on any atom is -0.508 e. The molecule has 0 aliphatic heterocycles. The molecule has 0 aliphatic carbocycles. The predicted molar refractivity (Wildman–Crippen MR) is 47.9 cm³/mol. The van der Waals surface area contributed by atoms with E-state index in [1.54, 1.807) is 12.1 Å². The SMILES string of the molecule is Oc1cccc(-c2ccc[nH]2)c1. The Morgan fingerprint density at radius 2 is 2.00 bits per heavy atom. The summed E-state index contributed by atoms with van der Waals surface area (Å²) in [5.41, 5.74) is 2.02. The maximum Gasteiger partial charge on any atom is 0.116 e. The van der Waals surface area contributed by atoms with Crippen LogP contribution >= 0.6 is 0 Å². The van der Waals surface area contributed by atoms with Gasteiger partial charge in [-0.3, -0.25) is 0 Å². The van der Waals surface area contributed by atoms with E-state index in [0.29, 0.717) is 5.75 Å². The van der Waals surface area contributed by atoms with Gasteiger partial charge in [0.25, 0.3) is 0 Å². The van der Waals surface area contributed by atoms with E-state index in [2.05, 4.69) is 4.98 Å². The molecular weight excluding hydrogens is 150 g/mol. The number of nitrogens with one attached hydrogen (secondary N) is 1. The van der Waals surface area contributed by atoms with Crippen molar-refractivity contribution in [1.82, 2.24) is 4.98 Å². The molecule has 60 valence electrons. The van der Waals surface area contributed by atoms with Crippen LogP contribution in [0.4, 0.5) is 0 Å². The van der Waals surface area contributed by atoms with Crippen LogP contribution in [0.15, 0.2) is 42.6 Å². The van der Waals surface area contributed by atoms with Gasteiger partial charge >= 0.3 is 0 Å². The van der Waals surface area contributed by atoms with Gasteiger partial charge in [-0.05, 0) is 24.3 Å². The lowest BCUT2D eigenvalue weighted by Gasteiger charge is -1.97. The summed E-state index contributed by atoms with van der Waals surface area (Å²) in [6, 6.07) is 11.1. The van der Waals surface area contributed by atoms with Crippen LogP contribution in [0.1, 0.15) is 0 Å². The lowest BCUT2D eigenvalue weighted by molar-refractivity contribution is 0.475. The Hall–Kier alpha value is -1.70. The fourth-order valence-corrected chi connectivity index (χ4v) is 1.18. The molecule has 0 atom stereocenters. The first-order valence-electron chi connectivity index (χ1n) is 3.79. The largest absolute Gasteiger partial charge is 0.508 e. The number of hydrogen-bond donors (Lipinski definition) is 2. The summed E-state index contributed by atoms with van der Waals surface area (Å²) in [7, 11) is 0. The van der Waals surface area contributed by atoms with Gasteiger partial charge in [-0.15, -0.1) is 0 Å². The summed E-state index contributed by atoms with van der Waals surface area (Å²) >= 11 is 0. The minimum absolute atomic E-state index is 0.294. The summed E-state index contributed by atoms with van der Waals surface area (Å²) in [5, 5.41) is 9.20. The van der Waals surface area contributed by atoms with Gasteiger partial charge in [0.1, 0.15) is 5.75 Å². The van der Waals surface area contributed by atoms with Gasteiger partial charge in [0.2, 0.25) is 0 Å². The van der Waals surface area contributed by atoms with Crippen molar-refractivity contribution < 1.29 is 5.11 Å². The Morgan fingerprint density at radius 3 is 2.67 bits per heavy atom. The maximum absolute atomic E-state index is 9.20. The third-order valence-electron chi connectivity index (χ3n) is 1.76. The van der Waals surface area contributed by atoms with Crippen LogP contribution in [0.5, 0.6) is 5.75 Å². The average molecular weight is 159 g/mol. The molecule has 0 fully saturated rings. The smallest absolute Gasteiger partial charge is 0.116 e. The summed E-state index contributed by atoms with van der Waals surface area (Å²) in [4.78, 5) is 3.07. The highest BCUT2D eigenvalue weighted by Gasteiger charge is 1.96. The third-order valence-corrected chi connectivity index (χ3v) is 1.76. The quantitative estimate of drug-likeness (QED) is 0.658. The van der Waals surface area contributed by atoms with Crippen LogP contribution in [-0.4, -0.2) is 10.1 Å². The van der Waals surface area contributed by atoms with E-state index < -0.39 is 0 Å². The van der Waals surface area contributed by atoms with Crippen molar-refractivity contribution in [3.8, 4) is 17.0 Å². The third kappa shape index (κ3) is 1.19. The maximum atomic E-state index is 9.20. The molecule has 0 bridgehead atoms. The molecule has 0 spiro atoms. The molecule has 2 heteroatoms. The molecule has 0 aliphatic rings. The standard InChI is InChI=1S/C10H9NO/c12-9-4-1-3-8(7-9)10-5-2-6-11-10/h1-7,11-12H. The molecule has 0 saturated heterocycles. The molecule has 2 rings (SSSR count). The molecule has 0 radical (unpaired) electrons. The van der Waals surface area contributed by atoms with Gasteiger partial charge in [-0.2, -0.15) is 0 Å². The molecule has 1 aromatic heterocycles. The van der Waals surface area contributed by atoms with Gasteiger partial charge in [-0.1, -0.05) is 12.1 Å². The van der Waals surface area contributed by atoms with Gasteiger partial charge in [0.15, 0.2) is 0 Å². The lowest BCUT2D eigenvalue weighted by atomic mass is 10.1. The number of H-pyrrole nitrogens is 1. The lowest BCUT2D eigenvalue weighted by Crippen LogP contribution is -1.75. The van der Waals surface area contributed by atoms with Crippen LogP contribution in [0.2, 0.25) is 0 Å². The Kier molecular flexibility index (Phi) is 1.59. The molecule has 2 nitrogen and oxygen atoms in total. The molecule has 0 unspecified atom stereocenters. The van der Waals surface area contributed by atoms with Crippen molar-refractivity contribution >= 4 is 0 Å². The highest BCUT2D eigenvalue weighted by Crippen LogP contribution is 2.20. The summed E-state index contributed by atoms with van der Waals surface area (Å²) in [5.74, 6) is 0.294. The number of aromatic amines is 1. The number of aromatic hydroxyl groups is 1. The Morgan fingerprint density at radius 1 is 1.08 bits per heavy atom. The fourth-order valence-electron chi connectivity index (χ4n) is 1.18. The van der Waals surface area contributed by atoms with Crippen molar-refractivity contribution in [3.05, 3.63) is 42.6 Å². The first kappa shape index (κ1) is 6.98. The Labute approximate surface area is 70.5 Å². The highest BCUT2D eigenvalue weighted by molar-refractivity contribution is 5.60. The van der Waals surface area contributed by atoms with Gasteiger partial charge < -0.3 is 10.1 Å². The van der Waals surface area contributed by atoms with E-state index in [1.807, 2.05) is 30.5 Å². The van der Waals surface area contributed by atoms with E-state index in [-0.39, 0.29) is 0 Å². The van der Waals surface area contributed by atoms with Crippen molar-refractivity contribution in [2.24, 2.45) is 0 Å². The van der Waals surface area contributed by atoms with E-state index in [0.717, 1.165) is 11.3 Å². The van der Waals surface area contributed by atoms with E-state index in [9.17, 15) is 5.11 Å². The number of benzene rings is 1. The number of phenols is 1. The fraction of sp³-hybridized carbons (Fsp3) is 0. The number of hydrogen-bond acceptors (Lipinski definition) is 1. The van der Waals surface area contributed by atoms with E-state index in [4.69, 9.17) is 0 Å². The van der Waals surface area contributed by atoms with Crippen molar-refractivity contribution in [3.63, 3.8) is 0 Å². The van der Waals surface area contributed by atoms with Crippen molar-refractivity contribution in [2.45, 2.75) is 0 Å². The van der Waals surface area contributed by atoms with Gasteiger partial charge in [-0.25, -0.2) is 0 Å². The normalized spacial score (nSPS) is 10.0. The summed E-state index contributed by atoms with van der Waals surface area (Å²) in [6.07, 6.45) is 1.86. The average Bonchev–Trinajstić information content (AvgIpc) is 2.56. The number of phenolic OH excluding ortho intramolecular Hbond substituents is 1. The number of rotatable bonds is 1. The Bertz CT molecular complexity index is 365. The second kappa shape index (κ2) is 2.74. The zero-order chi connectivity index (χ0) is 8.39. The summed E-state index contributed by atoms with van der Waals surface area (Å²) < 4.78 is 0. The zero-order valence-corrected chi connectivity index (χ0v) is 6.49. The van der Waals surface area contributed by atoms with Crippen LogP contribution in [0.3, 0.4) is 0 Å². The summed E-state index contributed by atoms with van der Waals surface area (Å²) in [6.45, 7) is 0. The Balaban J connectivity index is 2.48. The first-order chi connectivity index (χ1) is 5.86. The molecule has 2 N–H and O–H groups in total. The van der Waals surface area contributed by atoms with Crippen molar-refractivity contribution in [2.75, 3.05) is 0 Å². The monoisotopic (exact) mass is 159 g/mol. The zero-order valence-electron chi connectivity index (χ0n) is 6.49. The van der Waals surface area contributed by atoms with Crippen LogP contribution in [-0.2, 0) is 0 Å². The second-order valence-corrected chi connectivity index (χ2v) is 2.63. The van der Waals surface area contributed by atoms with E-state index in [1.165, 1.54) is 0 Å². The highest BCUT2D eigenvalue weighted by atomic mass is 16.3. The van der Waals surface area contributed by atoms with Gasteiger partial charge in [0.05, 0.1) is 0 Å². The van der Waals surface area contributed by atoms with Crippen molar-refractivity contribution in [1.29, 1.82) is 0 Å². The molecular formula is C10H9NO. The molecule has 0 saturated carbocycles. The van der Waals surface area contributed by atoms with Crippen LogP contribution < -0.4 is 0 Å². The van der Waals surface area contributed by atoms with E-state index >= 15 is 0 Å². The van der Waals surface area contributed by atoms with Gasteiger partial charge in [0, 0.05) is 17.5 Å². The predicted octanol–water partition coefficient (Wildman–Crippen LogP) is 2.39. The molecule has 2 aromatic rings. The molecule has 1 aromatic carbocycles. The molecule has 0 amide bonds. The molecule has 1 heterocycles. The molecule has 12 heavy (non-hydrogen) atoms. The first-order valence-corrected chi connectivity index (χ1v) is 3.79. The minimum atomic E-state index is 0.294. The second-order valence-electron chi connectivity index (χ2n) is 2.63.